The number of carboxylic acid groups (broad SMARTS) is 2. The molecule has 0 radical (unpaired) electrons. The van der Waals surface area contributed by atoms with Gasteiger partial charge in [0, 0.05) is 5.56 Å². The van der Waals surface area contributed by atoms with E-state index in [4.69, 9.17) is 10.2 Å². The lowest BCUT2D eigenvalue weighted by atomic mass is 10.1. The Morgan fingerprint density at radius 1 is 1.32 bits per heavy atom. The second-order valence-corrected chi connectivity index (χ2v) is 4.45. The van der Waals surface area contributed by atoms with E-state index in [0.717, 1.165) is 6.07 Å². The largest absolute Gasteiger partial charge is 0.481 e. The molecule has 0 aliphatic carbocycles. The smallest absolute Gasteiger partial charge is 0.326 e. The van der Waals surface area contributed by atoms with Crippen molar-refractivity contribution < 1.29 is 29.0 Å². The minimum Gasteiger partial charge on any atom is -0.481 e. The second kappa shape index (κ2) is 6.28. The van der Waals surface area contributed by atoms with Crippen LogP contribution in [0.2, 0.25) is 0 Å². The molecule has 1 amide bonds. The van der Waals surface area contributed by atoms with E-state index in [1.165, 1.54) is 12.1 Å². The summed E-state index contributed by atoms with van der Waals surface area (Å²) in [7, 11) is 0. The van der Waals surface area contributed by atoms with Crippen LogP contribution in [-0.2, 0) is 9.59 Å². The minimum atomic E-state index is -1.57. The van der Waals surface area contributed by atoms with Gasteiger partial charge in [-0.15, -0.1) is 0 Å². The van der Waals surface area contributed by atoms with Gasteiger partial charge in [-0.1, -0.05) is 0 Å². The number of halogens is 2. The van der Waals surface area contributed by atoms with Crippen molar-refractivity contribution in [2.45, 2.75) is 12.5 Å². The van der Waals surface area contributed by atoms with Crippen molar-refractivity contribution in [2.75, 3.05) is 0 Å². The topological polar surface area (TPSA) is 104 Å². The van der Waals surface area contributed by atoms with Gasteiger partial charge in [0.2, 0.25) is 0 Å². The summed E-state index contributed by atoms with van der Waals surface area (Å²) in [4.78, 5) is 32.9. The van der Waals surface area contributed by atoms with Crippen LogP contribution in [-0.4, -0.2) is 34.1 Å². The molecule has 0 saturated carbocycles. The normalized spacial score (nSPS) is 11.7. The van der Waals surface area contributed by atoms with E-state index in [1.54, 1.807) is 0 Å². The van der Waals surface area contributed by atoms with Crippen molar-refractivity contribution in [3.63, 3.8) is 0 Å². The van der Waals surface area contributed by atoms with Crippen molar-refractivity contribution in [3.05, 3.63) is 34.1 Å². The van der Waals surface area contributed by atoms with Gasteiger partial charge in [-0.3, -0.25) is 9.59 Å². The maximum absolute atomic E-state index is 13.2. The summed E-state index contributed by atoms with van der Waals surface area (Å²) in [5.74, 6) is -4.39. The molecule has 1 rings (SSSR count). The second-order valence-electron chi connectivity index (χ2n) is 3.59. The molecule has 0 spiro atoms. The minimum absolute atomic E-state index is 0.0997. The Hall–Kier alpha value is -1.96. The Balaban J connectivity index is 2.84. The van der Waals surface area contributed by atoms with Gasteiger partial charge in [-0.05, 0) is 34.1 Å². The van der Waals surface area contributed by atoms with Gasteiger partial charge < -0.3 is 15.5 Å². The Morgan fingerprint density at radius 3 is 2.42 bits per heavy atom. The maximum Gasteiger partial charge on any atom is 0.326 e. The standard InChI is InChI=1S/C11H9BrFNO5/c12-6-2-1-5(3-7(6)13)10(17)14-8(11(18)19)4-9(15)16/h1-3,8H,4H2,(H,14,17)(H,15,16)(H,18,19)/t8-/m1/s1. The van der Waals surface area contributed by atoms with Crippen molar-refractivity contribution in [1.29, 1.82) is 0 Å². The van der Waals surface area contributed by atoms with Crippen molar-refractivity contribution >= 4 is 33.8 Å². The summed E-state index contributed by atoms with van der Waals surface area (Å²) >= 11 is 2.91. The molecule has 0 aliphatic heterocycles. The van der Waals surface area contributed by atoms with E-state index < -0.39 is 36.1 Å². The molecule has 0 heterocycles. The quantitative estimate of drug-likeness (QED) is 0.752. The van der Waals surface area contributed by atoms with E-state index in [9.17, 15) is 18.8 Å². The molecule has 6 nitrogen and oxygen atoms in total. The third-order valence-corrected chi connectivity index (χ3v) is 2.81. The molecule has 0 unspecified atom stereocenters. The number of carbonyl (C=O) groups excluding carboxylic acids is 1. The van der Waals surface area contributed by atoms with Crippen molar-refractivity contribution in [3.8, 4) is 0 Å². The number of hydrogen-bond donors (Lipinski definition) is 3. The van der Waals surface area contributed by atoms with Crippen LogP contribution < -0.4 is 5.32 Å². The number of benzene rings is 1. The van der Waals surface area contributed by atoms with Gasteiger partial charge in [0.25, 0.3) is 5.91 Å². The van der Waals surface area contributed by atoms with Crippen molar-refractivity contribution in [2.24, 2.45) is 0 Å². The molecule has 0 aromatic heterocycles. The zero-order chi connectivity index (χ0) is 14.6. The summed E-state index contributed by atoms with van der Waals surface area (Å²) in [5, 5.41) is 19.3. The van der Waals surface area contributed by atoms with Crippen LogP contribution in [0.4, 0.5) is 4.39 Å². The van der Waals surface area contributed by atoms with Gasteiger partial charge in [-0.2, -0.15) is 0 Å². The molecule has 0 saturated heterocycles. The highest BCUT2D eigenvalue weighted by Crippen LogP contribution is 2.16. The van der Waals surface area contributed by atoms with Crippen molar-refractivity contribution in [1.82, 2.24) is 5.32 Å². The first kappa shape index (κ1) is 15.1. The molecule has 1 aromatic rings. The highest BCUT2D eigenvalue weighted by atomic mass is 79.9. The predicted octanol–water partition coefficient (Wildman–Crippen LogP) is 1.25. The van der Waals surface area contributed by atoms with Crippen LogP contribution in [0.15, 0.2) is 22.7 Å². The SMILES string of the molecule is O=C(O)C[C@@H](NC(=O)c1ccc(Br)c(F)c1)C(=O)O. The van der Waals surface area contributed by atoms with Gasteiger partial charge in [0.15, 0.2) is 0 Å². The van der Waals surface area contributed by atoms with Gasteiger partial charge in [0.05, 0.1) is 10.9 Å². The summed E-state index contributed by atoms with van der Waals surface area (Å²) in [6.45, 7) is 0. The van der Waals surface area contributed by atoms with Crippen LogP contribution in [0.5, 0.6) is 0 Å². The van der Waals surface area contributed by atoms with Crippen LogP contribution >= 0.6 is 15.9 Å². The fraction of sp³-hybridized carbons (Fsp3) is 0.182. The van der Waals surface area contributed by atoms with E-state index >= 15 is 0 Å². The maximum atomic E-state index is 13.2. The Morgan fingerprint density at radius 2 is 1.95 bits per heavy atom. The number of amides is 1. The van der Waals surface area contributed by atoms with Crippen LogP contribution in [0.3, 0.4) is 0 Å². The van der Waals surface area contributed by atoms with Crippen LogP contribution in [0.1, 0.15) is 16.8 Å². The average Bonchev–Trinajstić information content (AvgIpc) is 2.31. The first-order valence-corrected chi connectivity index (χ1v) is 5.81. The molecular formula is C11H9BrFNO5. The Kier molecular flexibility index (Phi) is 4.99. The first-order chi connectivity index (χ1) is 8.81. The zero-order valence-corrected chi connectivity index (χ0v) is 11.0. The van der Waals surface area contributed by atoms with Gasteiger partial charge in [0.1, 0.15) is 11.9 Å². The third-order valence-electron chi connectivity index (χ3n) is 2.16. The third kappa shape index (κ3) is 4.32. The summed E-state index contributed by atoms with van der Waals surface area (Å²) in [6, 6.07) is 1.91. The van der Waals surface area contributed by atoms with E-state index in [2.05, 4.69) is 15.9 Å². The lowest BCUT2D eigenvalue weighted by molar-refractivity contribution is -0.145. The van der Waals surface area contributed by atoms with E-state index in [-0.39, 0.29) is 10.0 Å². The molecule has 8 heteroatoms. The predicted molar refractivity (Wildman–Crippen MR) is 65.2 cm³/mol. The summed E-state index contributed by atoms with van der Waals surface area (Å²) < 4.78 is 13.4. The number of nitrogens with one attached hydrogen (secondary N) is 1. The lowest BCUT2D eigenvalue weighted by Gasteiger charge is -2.12. The monoisotopic (exact) mass is 333 g/mol. The van der Waals surface area contributed by atoms with Crippen LogP contribution in [0.25, 0.3) is 0 Å². The summed E-state index contributed by atoms with van der Waals surface area (Å²) in [5.41, 5.74) is -0.0997. The molecule has 3 N–H and O–H groups in total. The highest BCUT2D eigenvalue weighted by molar-refractivity contribution is 9.10. The fourth-order valence-corrected chi connectivity index (χ4v) is 1.50. The molecule has 0 aliphatic rings. The average molecular weight is 334 g/mol. The van der Waals surface area contributed by atoms with E-state index in [0.29, 0.717) is 0 Å². The highest BCUT2D eigenvalue weighted by Gasteiger charge is 2.23. The number of carbonyl (C=O) groups is 3. The number of rotatable bonds is 5. The first-order valence-electron chi connectivity index (χ1n) is 5.01. The molecule has 0 fully saturated rings. The zero-order valence-electron chi connectivity index (χ0n) is 9.39. The molecular weight excluding hydrogens is 325 g/mol. The number of aliphatic carboxylic acids is 2. The van der Waals surface area contributed by atoms with E-state index in [1.807, 2.05) is 5.32 Å². The lowest BCUT2D eigenvalue weighted by Crippen LogP contribution is -2.42. The molecule has 19 heavy (non-hydrogen) atoms. The number of carboxylic acids is 2. The van der Waals surface area contributed by atoms with Crippen LogP contribution in [0, 0.1) is 5.82 Å². The number of hydrogen-bond acceptors (Lipinski definition) is 3. The molecule has 0 bridgehead atoms. The Bertz CT molecular complexity index is 534. The molecule has 1 aromatic carbocycles. The molecule has 1 atom stereocenters. The van der Waals surface area contributed by atoms with Gasteiger partial charge >= 0.3 is 11.9 Å². The summed E-state index contributed by atoms with van der Waals surface area (Å²) in [6.07, 6.45) is -0.764. The molecule has 102 valence electrons. The van der Waals surface area contributed by atoms with Gasteiger partial charge in [-0.25, -0.2) is 9.18 Å². The fourth-order valence-electron chi connectivity index (χ4n) is 1.25. The Labute approximate surface area is 115 Å².